The van der Waals surface area contributed by atoms with E-state index in [-0.39, 0.29) is 5.41 Å². The molecule has 1 aliphatic heterocycles. The number of H-pyrrole nitrogens is 1. The lowest BCUT2D eigenvalue weighted by Gasteiger charge is -2.26. The molecule has 3 atom stereocenters. The molecular weight excluding hydrogens is 449 g/mol. The van der Waals surface area contributed by atoms with Crippen molar-refractivity contribution >= 4 is 40.2 Å². The Bertz CT molecular complexity index is 1340. The highest BCUT2D eigenvalue weighted by Gasteiger charge is 2.67. The normalized spacial score (nSPS) is 24.7. The standard InChI is InChI=1S/C22H21Cl2N7O/c1-11-7-16(30-32-11)22(10-25)13-5-6-31(9-14(13)22)17-8-26-20-19(28-29-21(20)27-17)12-3-2-4-15(23)18(12)24/h2-4,7-8,13-14H,5-6,9-10,25H2,1H3,(H,27,28,29). The Labute approximate surface area is 194 Å². The van der Waals surface area contributed by atoms with E-state index < -0.39 is 0 Å². The van der Waals surface area contributed by atoms with E-state index in [9.17, 15) is 0 Å². The predicted molar refractivity (Wildman–Crippen MR) is 123 cm³/mol. The molecule has 2 aliphatic rings. The maximum absolute atomic E-state index is 6.39. The summed E-state index contributed by atoms with van der Waals surface area (Å²) < 4.78 is 5.34. The van der Waals surface area contributed by atoms with Gasteiger partial charge in [0.2, 0.25) is 0 Å². The van der Waals surface area contributed by atoms with Crippen LogP contribution >= 0.6 is 23.2 Å². The molecule has 3 aromatic heterocycles. The highest BCUT2D eigenvalue weighted by atomic mass is 35.5. The van der Waals surface area contributed by atoms with Crippen LogP contribution in [0.2, 0.25) is 10.0 Å². The number of halogens is 2. The van der Waals surface area contributed by atoms with Crippen LogP contribution in [0.3, 0.4) is 0 Å². The number of piperidine rings is 1. The molecule has 1 saturated heterocycles. The van der Waals surface area contributed by atoms with Gasteiger partial charge in [-0.2, -0.15) is 5.10 Å². The highest BCUT2D eigenvalue weighted by Crippen LogP contribution is 2.62. The SMILES string of the molecule is Cc1cc(C2(CN)C3CCN(c4cnc5c(-c6cccc(Cl)c6Cl)n[nH]c5n4)CC32)no1. The van der Waals surface area contributed by atoms with Crippen LogP contribution in [0.15, 0.2) is 35.0 Å². The molecule has 1 aromatic carbocycles. The van der Waals surface area contributed by atoms with Crippen molar-refractivity contribution in [1.29, 1.82) is 0 Å². The zero-order valence-corrected chi connectivity index (χ0v) is 18.9. The lowest BCUT2D eigenvalue weighted by atomic mass is 9.97. The largest absolute Gasteiger partial charge is 0.361 e. The number of nitrogens with two attached hydrogens (primary N) is 1. The average Bonchev–Trinajstić information content (AvgIpc) is 3.06. The minimum absolute atomic E-state index is 0.103. The summed E-state index contributed by atoms with van der Waals surface area (Å²) in [7, 11) is 0. The molecular formula is C22H21Cl2N7O. The Morgan fingerprint density at radius 1 is 1.31 bits per heavy atom. The van der Waals surface area contributed by atoms with Gasteiger partial charge in [0, 0.05) is 36.7 Å². The molecule has 1 aliphatic carbocycles. The number of hydrogen-bond donors (Lipinski definition) is 2. The second kappa shape index (κ2) is 7.16. The molecule has 32 heavy (non-hydrogen) atoms. The molecule has 2 fully saturated rings. The predicted octanol–water partition coefficient (Wildman–Crippen LogP) is 3.98. The van der Waals surface area contributed by atoms with E-state index in [0.717, 1.165) is 42.3 Å². The van der Waals surface area contributed by atoms with Gasteiger partial charge in [-0.25, -0.2) is 9.97 Å². The van der Waals surface area contributed by atoms with Gasteiger partial charge >= 0.3 is 0 Å². The van der Waals surface area contributed by atoms with Crippen LogP contribution in [0.25, 0.3) is 22.4 Å². The third-order valence-electron chi connectivity index (χ3n) is 7.06. The van der Waals surface area contributed by atoms with Crippen molar-refractivity contribution in [2.45, 2.75) is 18.8 Å². The van der Waals surface area contributed by atoms with Gasteiger partial charge in [-0.05, 0) is 31.2 Å². The van der Waals surface area contributed by atoms with Crippen molar-refractivity contribution in [3.8, 4) is 11.3 Å². The average molecular weight is 470 g/mol. The minimum atomic E-state index is -0.103. The fourth-order valence-electron chi connectivity index (χ4n) is 5.38. The number of hydrogen-bond acceptors (Lipinski definition) is 7. The zero-order chi connectivity index (χ0) is 22.0. The lowest BCUT2D eigenvalue weighted by molar-refractivity contribution is 0.379. The van der Waals surface area contributed by atoms with Crippen molar-refractivity contribution in [2.75, 3.05) is 24.5 Å². The van der Waals surface area contributed by atoms with Gasteiger partial charge in [0.1, 0.15) is 22.8 Å². The molecule has 0 radical (unpaired) electrons. The molecule has 3 N–H and O–H groups in total. The van der Waals surface area contributed by atoms with E-state index in [0.29, 0.717) is 45.3 Å². The van der Waals surface area contributed by atoms with E-state index in [4.69, 9.17) is 38.4 Å². The van der Waals surface area contributed by atoms with E-state index in [1.54, 1.807) is 12.3 Å². The fourth-order valence-corrected chi connectivity index (χ4v) is 5.77. The molecule has 164 valence electrons. The summed E-state index contributed by atoms with van der Waals surface area (Å²) in [5.41, 5.74) is 9.76. The van der Waals surface area contributed by atoms with Gasteiger partial charge in [0.25, 0.3) is 0 Å². The molecule has 0 amide bonds. The van der Waals surface area contributed by atoms with Crippen LogP contribution in [0, 0.1) is 18.8 Å². The third kappa shape index (κ3) is 2.79. The second-order valence-electron chi connectivity index (χ2n) is 8.61. The van der Waals surface area contributed by atoms with Gasteiger partial charge < -0.3 is 15.2 Å². The number of aromatic nitrogens is 5. The summed E-state index contributed by atoms with van der Waals surface area (Å²) in [4.78, 5) is 11.7. The second-order valence-corrected chi connectivity index (χ2v) is 9.40. The van der Waals surface area contributed by atoms with Gasteiger partial charge in [0.05, 0.1) is 21.9 Å². The quantitative estimate of drug-likeness (QED) is 0.464. The summed E-state index contributed by atoms with van der Waals surface area (Å²) in [6.45, 7) is 4.23. The van der Waals surface area contributed by atoms with Gasteiger partial charge in [-0.1, -0.05) is 40.5 Å². The maximum Gasteiger partial charge on any atom is 0.177 e. The molecule has 0 spiro atoms. The Balaban J connectivity index is 1.29. The van der Waals surface area contributed by atoms with Crippen LogP contribution in [0.1, 0.15) is 17.9 Å². The Hall–Kier alpha value is -2.68. The van der Waals surface area contributed by atoms with E-state index in [1.165, 1.54) is 0 Å². The molecule has 3 unspecified atom stereocenters. The van der Waals surface area contributed by atoms with Gasteiger partial charge in [0.15, 0.2) is 5.65 Å². The summed E-state index contributed by atoms with van der Waals surface area (Å²) in [6.07, 6.45) is 2.83. The summed E-state index contributed by atoms with van der Waals surface area (Å²) in [5, 5.41) is 12.6. The molecule has 0 bridgehead atoms. The van der Waals surface area contributed by atoms with Gasteiger partial charge in [-0.3, -0.25) is 5.10 Å². The highest BCUT2D eigenvalue weighted by molar-refractivity contribution is 6.43. The number of aryl methyl sites for hydroxylation is 1. The van der Waals surface area contributed by atoms with Crippen molar-refractivity contribution in [1.82, 2.24) is 25.3 Å². The number of nitrogens with zero attached hydrogens (tertiary/aromatic N) is 5. The zero-order valence-electron chi connectivity index (χ0n) is 17.3. The molecule has 6 rings (SSSR count). The first-order valence-electron chi connectivity index (χ1n) is 10.6. The molecule has 4 aromatic rings. The van der Waals surface area contributed by atoms with Crippen LogP contribution in [0.5, 0.6) is 0 Å². The molecule has 1 saturated carbocycles. The van der Waals surface area contributed by atoms with E-state index >= 15 is 0 Å². The number of rotatable bonds is 4. The number of nitrogens with one attached hydrogen (secondary N) is 1. The smallest absolute Gasteiger partial charge is 0.177 e. The lowest BCUT2D eigenvalue weighted by Crippen LogP contribution is -2.32. The summed E-state index contributed by atoms with van der Waals surface area (Å²) in [6, 6.07) is 7.48. The van der Waals surface area contributed by atoms with Gasteiger partial charge in [-0.15, -0.1) is 0 Å². The first kappa shape index (κ1) is 20.0. The summed E-state index contributed by atoms with van der Waals surface area (Å²) in [5.74, 6) is 2.58. The Morgan fingerprint density at radius 3 is 2.97 bits per heavy atom. The van der Waals surface area contributed by atoms with E-state index in [2.05, 4.69) is 25.2 Å². The molecule has 10 heteroatoms. The third-order valence-corrected chi connectivity index (χ3v) is 7.88. The monoisotopic (exact) mass is 469 g/mol. The first-order valence-corrected chi connectivity index (χ1v) is 11.3. The number of fused-ring (bicyclic) bond motifs is 2. The van der Waals surface area contributed by atoms with Crippen molar-refractivity contribution in [3.05, 3.63) is 52.0 Å². The van der Waals surface area contributed by atoms with Crippen molar-refractivity contribution in [3.63, 3.8) is 0 Å². The number of benzene rings is 1. The van der Waals surface area contributed by atoms with Crippen LogP contribution in [-0.4, -0.2) is 45.0 Å². The fraction of sp³-hybridized carbons (Fsp3) is 0.364. The molecule has 8 nitrogen and oxygen atoms in total. The van der Waals surface area contributed by atoms with E-state index in [1.807, 2.05) is 25.1 Å². The number of anilines is 1. The van der Waals surface area contributed by atoms with Crippen LogP contribution < -0.4 is 10.6 Å². The number of aromatic amines is 1. The minimum Gasteiger partial charge on any atom is -0.361 e. The van der Waals surface area contributed by atoms with Crippen LogP contribution in [-0.2, 0) is 5.41 Å². The Kier molecular flexibility index (Phi) is 4.47. The summed E-state index contributed by atoms with van der Waals surface area (Å²) >= 11 is 12.6. The molecule has 4 heterocycles. The van der Waals surface area contributed by atoms with Crippen molar-refractivity contribution in [2.24, 2.45) is 17.6 Å². The van der Waals surface area contributed by atoms with Crippen LogP contribution in [0.4, 0.5) is 5.82 Å². The first-order chi connectivity index (χ1) is 15.5. The Morgan fingerprint density at radius 2 is 2.19 bits per heavy atom. The van der Waals surface area contributed by atoms with Crippen molar-refractivity contribution < 1.29 is 4.52 Å². The maximum atomic E-state index is 6.39. The topological polar surface area (TPSA) is 110 Å².